The first-order valence-corrected chi connectivity index (χ1v) is 10.8. The average molecular weight is 374 g/mol. The average Bonchev–Trinajstić information content (AvgIpc) is 2.73. The Bertz CT molecular complexity index is 649. The second kappa shape index (κ2) is 8.51. The van der Waals surface area contributed by atoms with E-state index in [9.17, 15) is 4.79 Å². The Morgan fingerprint density at radius 3 is 2.44 bits per heavy atom. The molecule has 1 saturated heterocycles. The van der Waals surface area contributed by atoms with E-state index in [-0.39, 0.29) is 11.4 Å². The Labute approximate surface area is 162 Å². The summed E-state index contributed by atoms with van der Waals surface area (Å²) >= 11 is 0. The molecule has 1 aliphatic carbocycles. The summed E-state index contributed by atoms with van der Waals surface area (Å²) in [5.41, 5.74) is 1.25. The van der Waals surface area contributed by atoms with E-state index >= 15 is 0 Å². The second-order valence-corrected chi connectivity index (χ2v) is 8.44. The number of likely N-dealkylation sites (tertiary alicyclic amines) is 1. The van der Waals surface area contributed by atoms with Crippen LogP contribution in [0.3, 0.4) is 0 Å². The van der Waals surface area contributed by atoms with Crippen molar-refractivity contribution in [1.82, 2.24) is 5.32 Å². The van der Waals surface area contributed by atoms with E-state index in [0.717, 1.165) is 23.6 Å². The van der Waals surface area contributed by atoms with Crippen molar-refractivity contribution in [2.24, 2.45) is 0 Å². The lowest BCUT2D eigenvalue weighted by molar-refractivity contribution is -0.957. The first kappa shape index (κ1) is 18.6. The predicted molar refractivity (Wildman–Crippen MR) is 105 cm³/mol. The summed E-state index contributed by atoms with van der Waals surface area (Å²) in [6.07, 6.45) is 10.9. The van der Waals surface area contributed by atoms with Gasteiger partial charge in [0.25, 0.3) is 0 Å². The van der Waals surface area contributed by atoms with Gasteiger partial charge in [0, 0.05) is 12.8 Å². The highest BCUT2D eigenvalue weighted by molar-refractivity contribution is 5.78. The molecular weight excluding hydrogens is 340 g/mol. The molecule has 2 aliphatic heterocycles. The van der Waals surface area contributed by atoms with Crippen LogP contribution in [0, 0.1) is 0 Å². The van der Waals surface area contributed by atoms with Crippen molar-refractivity contribution in [3.63, 3.8) is 0 Å². The van der Waals surface area contributed by atoms with Crippen LogP contribution in [0.2, 0.25) is 0 Å². The fourth-order valence-electron chi connectivity index (χ4n) is 5.11. The number of quaternary nitrogens is 1. The zero-order chi connectivity index (χ0) is 18.5. The van der Waals surface area contributed by atoms with Crippen LogP contribution in [-0.4, -0.2) is 44.3 Å². The molecule has 0 aromatic heterocycles. The number of hydrogen-bond acceptors (Lipinski definition) is 3. The van der Waals surface area contributed by atoms with Crippen molar-refractivity contribution < 1.29 is 19.2 Å². The maximum absolute atomic E-state index is 12.7. The standard InChI is InChI=1S/C22H32N2O3/c25-21(16-18-7-8-19-20(15-18)27-14-13-26-19)23-17-22(9-3-1-4-10-22)24-11-5-2-6-12-24/h7-8,15H,1-6,9-14,16-17H2,(H,23,25)/p+1. The van der Waals surface area contributed by atoms with Gasteiger partial charge in [-0.3, -0.25) is 4.79 Å². The third-order valence-electron chi connectivity index (χ3n) is 6.61. The Balaban J connectivity index is 1.36. The van der Waals surface area contributed by atoms with Crippen molar-refractivity contribution in [1.29, 1.82) is 0 Å². The number of rotatable bonds is 5. The first-order chi connectivity index (χ1) is 13.3. The third kappa shape index (κ3) is 4.40. The highest BCUT2D eigenvalue weighted by atomic mass is 16.6. The van der Waals surface area contributed by atoms with Crippen LogP contribution in [0.1, 0.15) is 56.9 Å². The summed E-state index contributed by atoms with van der Waals surface area (Å²) in [5, 5.41) is 3.29. The Morgan fingerprint density at radius 2 is 1.67 bits per heavy atom. The van der Waals surface area contributed by atoms with Crippen LogP contribution in [-0.2, 0) is 11.2 Å². The largest absolute Gasteiger partial charge is 0.486 e. The smallest absolute Gasteiger partial charge is 0.224 e. The lowest BCUT2D eigenvalue weighted by atomic mass is 9.79. The highest BCUT2D eigenvalue weighted by Gasteiger charge is 2.42. The summed E-state index contributed by atoms with van der Waals surface area (Å²) in [5.74, 6) is 1.65. The normalized spacial score (nSPS) is 22.2. The summed E-state index contributed by atoms with van der Waals surface area (Å²) in [7, 11) is 0. The SMILES string of the molecule is O=C(Cc1ccc2c(c1)OCCO2)NCC1([NH+]2CCCCC2)CCCCC1. The van der Waals surface area contributed by atoms with Crippen LogP contribution in [0.4, 0.5) is 0 Å². The molecule has 4 rings (SSSR count). The van der Waals surface area contributed by atoms with Gasteiger partial charge in [-0.2, -0.15) is 0 Å². The number of ether oxygens (including phenoxy) is 2. The second-order valence-electron chi connectivity index (χ2n) is 8.44. The predicted octanol–water partition coefficient (Wildman–Crippen LogP) is 1.89. The number of hydrogen-bond donors (Lipinski definition) is 2. The molecule has 0 radical (unpaired) electrons. The van der Waals surface area contributed by atoms with Gasteiger partial charge in [0.15, 0.2) is 11.5 Å². The number of benzene rings is 1. The zero-order valence-electron chi connectivity index (χ0n) is 16.4. The maximum Gasteiger partial charge on any atom is 0.224 e. The summed E-state index contributed by atoms with van der Waals surface area (Å²) in [6, 6.07) is 5.83. The van der Waals surface area contributed by atoms with Gasteiger partial charge < -0.3 is 19.7 Å². The fraction of sp³-hybridized carbons (Fsp3) is 0.682. The Morgan fingerprint density at radius 1 is 0.963 bits per heavy atom. The molecule has 1 aromatic rings. The van der Waals surface area contributed by atoms with E-state index in [1.165, 1.54) is 64.5 Å². The van der Waals surface area contributed by atoms with Gasteiger partial charge in [-0.1, -0.05) is 12.5 Å². The molecule has 0 unspecified atom stereocenters. The number of nitrogens with one attached hydrogen (secondary N) is 2. The van der Waals surface area contributed by atoms with Gasteiger partial charge >= 0.3 is 0 Å². The van der Waals surface area contributed by atoms with Crippen LogP contribution in [0.15, 0.2) is 18.2 Å². The molecule has 1 aromatic carbocycles. The van der Waals surface area contributed by atoms with Gasteiger partial charge in [-0.25, -0.2) is 0 Å². The van der Waals surface area contributed by atoms with Gasteiger partial charge in [-0.15, -0.1) is 0 Å². The molecule has 3 aliphatic rings. The topological polar surface area (TPSA) is 52.0 Å². The summed E-state index contributed by atoms with van der Waals surface area (Å²) in [6.45, 7) is 4.54. The number of piperidine rings is 1. The van der Waals surface area contributed by atoms with E-state index in [1.807, 2.05) is 18.2 Å². The van der Waals surface area contributed by atoms with Crippen LogP contribution >= 0.6 is 0 Å². The number of carbonyl (C=O) groups is 1. The van der Waals surface area contributed by atoms with Gasteiger partial charge in [0.05, 0.1) is 26.1 Å². The van der Waals surface area contributed by atoms with Crippen molar-refractivity contribution in [2.45, 2.75) is 63.3 Å². The minimum atomic E-state index is 0.119. The molecule has 2 N–H and O–H groups in total. The van der Waals surface area contributed by atoms with Crippen LogP contribution < -0.4 is 19.7 Å². The quantitative estimate of drug-likeness (QED) is 0.829. The molecular formula is C22H33N2O3+. The van der Waals surface area contributed by atoms with E-state index in [1.54, 1.807) is 4.90 Å². The van der Waals surface area contributed by atoms with Gasteiger partial charge in [-0.05, 0) is 49.8 Å². The Kier molecular flexibility index (Phi) is 5.86. The molecule has 148 valence electrons. The van der Waals surface area contributed by atoms with Crippen molar-refractivity contribution >= 4 is 5.91 Å². The van der Waals surface area contributed by atoms with Gasteiger partial charge in [0.2, 0.25) is 5.91 Å². The molecule has 0 atom stereocenters. The van der Waals surface area contributed by atoms with Crippen LogP contribution in [0.5, 0.6) is 11.5 Å². The zero-order valence-corrected chi connectivity index (χ0v) is 16.4. The molecule has 2 fully saturated rings. The monoisotopic (exact) mass is 373 g/mol. The minimum absolute atomic E-state index is 0.119. The number of fused-ring (bicyclic) bond motifs is 1. The maximum atomic E-state index is 12.7. The fourth-order valence-corrected chi connectivity index (χ4v) is 5.11. The molecule has 1 amide bonds. The minimum Gasteiger partial charge on any atom is -0.486 e. The lowest BCUT2D eigenvalue weighted by Gasteiger charge is -2.45. The molecule has 1 saturated carbocycles. The van der Waals surface area contributed by atoms with E-state index < -0.39 is 0 Å². The molecule has 0 bridgehead atoms. The van der Waals surface area contributed by atoms with Gasteiger partial charge in [0.1, 0.15) is 18.8 Å². The van der Waals surface area contributed by atoms with E-state index in [4.69, 9.17) is 9.47 Å². The lowest BCUT2D eigenvalue weighted by Crippen LogP contribution is -3.22. The first-order valence-electron chi connectivity index (χ1n) is 10.8. The highest BCUT2D eigenvalue weighted by Crippen LogP contribution is 2.31. The molecule has 5 nitrogen and oxygen atoms in total. The summed E-state index contributed by atoms with van der Waals surface area (Å²) < 4.78 is 11.2. The molecule has 5 heteroatoms. The van der Waals surface area contributed by atoms with Crippen molar-refractivity contribution in [3.05, 3.63) is 23.8 Å². The summed E-state index contributed by atoms with van der Waals surface area (Å²) in [4.78, 5) is 14.4. The Hall–Kier alpha value is -1.75. The third-order valence-corrected chi connectivity index (χ3v) is 6.61. The number of amides is 1. The molecule has 0 spiro atoms. The van der Waals surface area contributed by atoms with Crippen LogP contribution in [0.25, 0.3) is 0 Å². The number of carbonyl (C=O) groups excluding carboxylic acids is 1. The molecule has 27 heavy (non-hydrogen) atoms. The molecule has 2 heterocycles. The van der Waals surface area contributed by atoms with Crippen molar-refractivity contribution in [2.75, 3.05) is 32.8 Å². The van der Waals surface area contributed by atoms with E-state index in [0.29, 0.717) is 19.6 Å². The van der Waals surface area contributed by atoms with Crippen molar-refractivity contribution in [3.8, 4) is 11.5 Å². The van der Waals surface area contributed by atoms with E-state index in [2.05, 4.69) is 5.32 Å².